The van der Waals surface area contributed by atoms with E-state index in [0.717, 1.165) is 0 Å². The molecule has 0 aromatic carbocycles. The molecule has 0 aliphatic carbocycles. The van der Waals surface area contributed by atoms with Crippen molar-refractivity contribution in [2.24, 2.45) is 0 Å². The van der Waals surface area contributed by atoms with E-state index < -0.39 is 42.0 Å². The number of rotatable bonds is 3. The Morgan fingerprint density at radius 3 is 2.26 bits per heavy atom. The van der Waals surface area contributed by atoms with Crippen LogP contribution in [0.1, 0.15) is 27.7 Å². The molecule has 2 rings (SSSR count). The molecule has 2 aliphatic rings. The van der Waals surface area contributed by atoms with Crippen molar-refractivity contribution in [2.45, 2.75) is 63.7 Å². The lowest BCUT2D eigenvalue weighted by atomic mass is 10.0. The maximum Gasteiger partial charge on any atom is 0.335 e. The summed E-state index contributed by atoms with van der Waals surface area (Å²) in [6, 6.07) is 0. The Morgan fingerprint density at radius 1 is 1.16 bits per heavy atom. The predicted molar refractivity (Wildman–Crippen MR) is 62.4 cm³/mol. The van der Waals surface area contributed by atoms with Gasteiger partial charge in [-0.2, -0.15) is 0 Å². The summed E-state index contributed by atoms with van der Waals surface area (Å²) >= 11 is 0. The van der Waals surface area contributed by atoms with Crippen LogP contribution in [0.5, 0.6) is 0 Å². The molecular weight excluding hydrogens is 256 g/mol. The average molecular weight is 276 g/mol. The number of hydrogen-bond donors (Lipinski definition) is 2. The molecule has 0 bridgehead atoms. The number of carbonyl (C=O) groups is 1. The highest BCUT2D eigenvalue weighted by Gasteiger charge is 2.53. The van der Waals surface area contributed by atoms with E-state index in [1.54, 1.807) is 27.7 Å². The van der Waals surface area contributed by atoms with Crippen molar-refractivity contribution >= 4 is 5.97 Å². The molecule has 0 radical (unpaired) electrons. The van der Waals surface area contributed by atoms with Gasteiger partial charge in [0.15, 0.2) is 17.7 Å². The van der Waals surface area contributed by atoms with Crippen molar-refractivity contribution in [3.8, 4) is 0 Å². The van der Waals surface area contributed by atoms with Crippen molar-refractivity contribution in [1.82, 2.24) is 0 Å². The first-order valence-corrected chi connectivity index (χ1v) is 6.20. The van der Waals surface area contributed by atoms with Gasteiger partial charge in [0, 0.05) is 0 Å². The average Bonchev–Trinajstić information content (AvgIpc) is 2.77. The van der Waals surface area contributed by atoms with Gasteiger partial charge in [-0.25, -0.2) is 4.79 Å². The number of hydrogen-bond acceptors (Lipinski definition) is 6. The van der Waals surface area contributed by atoms with Gasteiger partial charge in [0.25, 0.3) is 0 Å². The van der Waals surface area contributed by atoms with E-state index in [2.05, 4.69) is 0 Å². The van der Waals surface area contributed by atoms with Gasteiger partial charge >= 0.3 is 5.97 Å². The molecule has 110 valence electrons. The van der Waals surface area contributed by atoms with E-state index in [1.165, 1.54) is 0 Å². The number of carboxylic acid groups (broad SMARTS) is 1. The first kappa shape index (κ1) is 14.7. The van der Waals surface area contributed by atoms with Crippen molar-refractivity contribution in [3.63, 3.8) is 0 Å². The van der Waals surface area contributed by atoms with Crippen LogP contribution in [0.3, 0.4) is 0 Å². The minimum absolute atomic E-state index is 0.264. The van der Waals surface area contributed by atoms with Crippen LogP contribution in [0.15, 0.2) is 0 Å². The molecule has 2 saturated heterocycles. The lowest BCUT2D eigenvalue weighted by molar-refractivity contribution is -0.176. The third kappa shape index (κ3) is 3.06. The summed E-state index contributed by atoms with van der Waals surface area (Å²) in [5.41, 5.74) is 0. The van der Waals surface area contributed by atoms with Gasteiger partial charge in [0.05, 0.1) is 6.61 Å². The fraction of sp³-hybridized carbons (Fsp3) is 0.917. The topological polar surface area (TPSA) is 94.5 Å². The van der Waals surface area contributed by atoms with Crippen LogP contribution in [0, 0.1) is 0 Å². The third-order valence-electron chi connectivity index (χ3n) is 3.12. The first-order chi connectivity index (χ1) is 8.61. The maximum atomic E-state index is 10.9. The zero-order valence-electron chi connectivity index (χ0n) is 11.5. The second-order valence-electron chi connectivity index (χ2n) is 5.71. The normalized spacial score (nSPS) is 38.3. The summed E-state index contributed by atoms with van der Waals surface area (Å²) in [7, 11) is 0. The van der Waals surface area contributed by atoms with Crippen LogP contribution in [0.25, 0.3) is 0 Å². The molecule has 0 amide bonds. The SMILES string of the molecule is CC1(C)O[C@@H]([C@H](O)C(=O)O)[C@H]([C@H]2COC(C)(C)O2)O1. The van der Waals surface area contributed by atoms with Crippen molar-refractivity contribution in [2.75, 3.05) is 6.61 Å². The maximum absolute atomic E-state index is 10.9. The van der Waals surface area contributed by atoms with Gasteiger partial charge in [0.1, 0.15) is 18.3 Å². The summed E-state index contributed by atoms with van der Waals surface area (Å²) in [5, 5.41) is 18.6. The van der Waals surface area contributed by atoms with Crippen molar-refractivity contribution in [3.05, 3.63) is 0 Å². The highest BCUT2D eigenvalue weighted by molar-refractivity contribution is 5.73. The standard InChI is InChI=1S/C12H20O7/c1-11(2)16-5-6(17-11)8-9(7(13)10(14)15)19-12(3,4)18-8/h6-9,13H,5H2,1-4H3,(H,14,15)/t6-,7+,8+,9+/m1/s1. The lowest BCUT2D eigenvalue weighted by Crippen LogP contribution is -2.46. The fourth-order valence-corrected chi connectivity index (χ4v) is 2.37. The highest BCUT2D eigenvalue weighted by atomic mass is 16.8. The van der Waals surface area contributed by atoms with Gasteiger partial charge in [-0.3, -0.25) is 0 Å². The Kier molecular flexibility index (Phi) is 3.61. The highest BCUT2D eigenvalue weighted by Crippen LogP contribution is 2.36. The summed E-state index contributed by atoms with van der Waals surface area (Å²) in [4.78, 5) is 10.9. The Labute approximate surface area is 111 Å². The molecule has 7 heteroatoms. The van der Waals surface area contributed by atoms with Gasteiger partial charge in [-0.15, -0.1) is 0 Å². The van der Waals surface area contributed by atoms with Crippen molar-refractivity contribution in [1.29, 1.82) is 0 Å². The Balaban J connectivity index is 2.15. The number of ether oxygens (including phenoxy) is 4. The molecular formula is C12H20O7. The largest absolute Gasteiger partial charge is 0.479 e. The number of aliphatic hydroxyl groups is 1. The molecule has 0 saturated carbocycles. The van der Waals surface area contributed by atoms with Gasteiger partial charge in [-0.1, -0.05) is 0 Å². The van der Waals surface area contributed by atoms with Crippen LogP contribution >= 0.6 is 0 Å². The zero-order valence-corrected chi connectivity index (χ0v) is 11.5. The second kappa shape index (κ2) is 4.68. The zero-order chi connectivity index (χ0) is 14.4. The minimum Gasteiger partial charge on any atom is -0.479 e. The lowest BCUT2D eigenvalue weighted by Gasteiger charge is -2.24. The van der Waals surface area contributed by atoms with E-state index in [9.17, 15) is 9.90 Å². The molecule has 2 N–H and O–H groups in total. The molecule has 2 aliphatic heterocycles. The molecule has 0 spiro atoms. The predicted octanol–water partition coefficient (Wildman–Crippen LogP) is 0.103. The van der Waals surface area contributed by atoms with E-state index >= 15 is 0 Å². The Morgan fingerprint density at radius 2 is 1.79 bits per heavy atom. The van der Waals surface area contributed by atoms with Crippen LogP contribution in [0.4, 0.5) is 0 Å². The number of aliphatic hydroxyl groups excluding tert-OH is 1. The van der Waals surface area contributed by atoms with Crippen LogP contribution in [0.2, 0.25) is 0 Å². The molecule has 0 aromatic rings. The van der Waals surface area contributed by atoms with E-state index in [1.807, 2.05) is 0 Å². The van der Waals surface area contributed by atoms with Gasteiger partial charge < -0.3 is 29.2 Å². The minimum atomic E-state index is -1.67. The summed E-state index contributed by atoms with van der Waals surface area (Å²) in [6.07, 6.45) is -3.83. The smallest absolute Gasteiger partial charge is 0.335 e. The first-order valence-electron chi connectivity index (χ1n) is 6.20. The molecule has 0 aromatic heterocycles. The van der Waals surface area contributed by atoms with E-state index in [4.69, 9.17) is 24.1 Å². The van der Waals surface area contributed by atoms with Gasteiger partial charge in [0.2, 0.25) is 0 Å². The Hall–Kier alpha value is -0.730. The second-order valence-corrected chi connectivity index (χ2v) is 5.71. The van der Waals surface area contributed by atoms with Crippen molar-refractivity contribution < 1.29 is 34.0 Å². The monoisotopic (exact) mass is 276 g/mol. The summed E-state index contributed by atoms with van der Waals surface area (Å²) in [6.45, 7) is 7.11. The Bertz CT molecular complexity index is 365. The molecule has 7 nitrogen and oxygen atoms in total. The number of aliphatic carboxylic acids is 1. The van der Waals surface area contributed by atoms with Gasteiger partial charge in [-0.05, 0) is 27.7 Å². The molecule has 19 heavy (non-hydrogen) atoms. The number of carboxylic acids is 1. The molecule has 4 atom stereocenters. The summed E-state index contributed by atoms with van der Waals surface area (Å²) in [5.74, 6) is -3.07. The molecule has 2 heterocycles. The summed E-state index contributed by atoms with van der Waals surface area (Å²) < 4.78 is 22.2. The van der Waals surface area contributed by atoms with E-state index in [0.29, 0.717) is 0 Å². The fourth-order valence-electron chi connectivity index (χ4n) is 2.37. The van der Waals surface area contributed by atoms with Crippen LogP contribution in [-0.4, -0.2) is 58.8 Å². The molecule has 0 unspecified atom stereocenters. The molecule has 2 fully saturated rings. The quantitative estimate of drug-likeness (QED) is 0.755. The van der Waals surface area contributed by atoms with E-state index in [-0.39, 0.29) is 6.61 Å². The third-order valence-corrected chi connectivity index (χ3v) is 3.12. The van der Waals surface area contributed by atoms with Crippen LogP contribution < -0.4 is 0 Å². The van der Waals surface area contributed by atoms with Crippen LogP contribution in [-0.2, 0) is 23.7 Å².